The van der Waals surface area contributed by atoms with Gasteiger partial charge in [0.15, 0.2) is 0 Å². The van der Waals surface area contributed by atoms with Crippen LogP contribution in [0, 0.1) is 6.92 Å². The van der Waals surface area contributed by atoms with E-state index in [2.05, 4.69) is 15.3 Å². The normalized spacial score (nSPS) is 18.5. The molecule has 1 aliphatic rings. The van der Waals surface area contributed by atoms with Crippen LogP contribution in [0.4, 0.5) is 8.78 Å². The average Bonchev–Trinajstić information content (AvgIpc) is 2.65. The van der Waals surface area contributed by atoms with Gasteiger partial charge in [-0.15, -0.1) is 0 Å². The van der Waals surface area contributed by atoms with E-state index in [1.165, 1.54) is 0 Å². The minimum absolute atomic E-state index is 0.0773. The van der Waals surface area contributed by atoms with Crippen LogP contribution < -0.4 is 5.32 Å². The second-order valence-electron chi connectivity index (χ2n) is 6.80. The highest BCUT2D eigenvalue weighted by Crippen LogP contribution is 2.41. The molecule has 1 aliphatic heterocycles. The Bertz CT molecular complexity index is 808. The first-order valence-corrected chi connectivity index (χ1v) is 9.59. The number of rotatable bonds is 5. The molecule has 2 aromatic rings. The van der Waals surface area contributed by atoms with Crippen molar-refractivity contribution in [3.8, 4) is 0 Å². The fourth-order valence-electron chi connectivity index (χ4n) is 3.18. The summed E-state index contributed by atoms with van der Waals surface area (Å²) in [6, 6.07) is 7.69. The van der Waals surface area contributed by atoms with Crippen LogP contribution in [0.2, 0.25) is 0 Å². The molecule has 5 nitrogen and oxygen atoms in total. The standard InChI is InChI=1S/C19H20Cl2F2N4O/c1-13-24-11-15(12-25-13)16(27-9-7-18(22,23)8-10-27)19(20,21)26-17(28)14-5-3-2-4-6-14/h2-6,11-12,16H,7-10H2,1H3,(H,26,28). The van der Waals surface area contributed by atoms with Gasteiger partial charge in [-0.2, -0.15) is 0 Å². The molecule has 3 rings (SSSR count). The van der Waals surface area contributed by atoms with Gasteiger partial charge in [0.05, 0.1) is 6.04 Å². The van der Waals surface area contributed by atoms with Crippen molar-refractivity contribution in [2.75, 3.05) is 13.1 Å². The van der Waals surface area contributed by atoms with Crippen LogP contribution in [-0.2, 0) is 0 Å². The molecule has 0 bridgehead atoms. The summed E-state index contributed by atoms with van der Waals surface area (Å²) in [7, 11) is 0. The van der Waals surface area contributed by atoms with Crippen LogP contribution in [-0.4, -0.2) is 44.2 Å². The molecule has 1 aromatic heterocycles. The molecule has 1 saturated heterocycles. The van der Waals surface area contributed by atoms with Gasteiger partial charge in [0.25, 0.3) is 11.8 Å². The minimum atomic E-state index is -2.72. The number of benzene rings is 1. The molecule has 1 amide bonds. The monoisotopic (exact) mass is 428 g/mol. The number of nitrogens with zero attached hydrogens (tertiary/aromatic N) is 3. The summed E-state index contributed by atoms with van der Waals surface area (Å²) in [5.41, 5.74) is 0.923. The van der Waals surface area contributed by atoms with Gasteiger partial charge in [-0.1, -0.05) is 41.4 Å². The number of likely N-dealkylation sites (tertiary alicyclic amines) is 1. The minimum Gasteiger partial charge on any atom is -0.319 e. The Kier molecular flexibility index (Phi) is 6.17. The summed E-state index contributed by atoms with van der Waals surface area (Å²) in [4.78, 5) is 22.6. The van der Waals surface area contributed by atoms with E-state index in [0.717, 1.165) is 0 Å². The molecule has 0 spiro atoms. The van der Waals surface area contributed by atoms with Gasteiger partial charge in [0.1, 0.15) is 5.82 Å². The SMILES string of the molecule is Cc1ncc(C(N2CCC(F)(F)CC2)C(Cl)(Cl)NC(=O)c2ccccc2)cn1. The zero-order valence-electron chi connectivity index (χ0n) is 15.2. The number of alkyl halides is 4. The van der Waals surface area contributed by atoms with Gasteiger partial charge in [-0.3, -0.25) is 9.69 Å². The first-order valence-electron chi connectivity index (χ1n) is 8.84. The van der Waals surface area contributed by atoms with Crippen molar-refractivity contribution in [3.05, 3.63) is 59.7 Å². The Balaban J connectivity index is 1.88. The predicted octanol–water partition coefficient (Wildman–Crippen LogP) is 4.12. The molecule has 9 heteroatoms. The highest BCUT2D eigenvalue weighted by atomic mass is 35.5. The lowest BCUT2D eigenvalue weighted by Crippen LogP contribution is -2.53. The van der Waals surface area contributed by atoms with Gasteiger partial charge in [0.2, 0.25) is 4.46 Å². The summed E-state index contributed by atoms with van der Waals surface area (Å²) < 4.78 is 25.5. The summed E-state index contributed by atoms with van der Waals surface area (Å²) in [5.74, 6) is -2.64. The zero-order valence-corrected chi connectivity index (χ0v) is 16.7. The topological polar surface area (TPSA) is 58.1 Å². The Morgan fingerprint density at radius 3 is 2.32 bits per heavy atom. The van der Waals surface area contributed by atoms with Gasteiger partial charge in [0, 0.05) is 49.5 Å². The molecule has 0 radical (unpaired) electrons. The Morgan fingerprint density at radius 2 is 1.75 bits per heavy atom. The molecule has 1 aromatic carbocycles. The molecule has 2 heterocycles. The lowest BCUT2D eigenvalue weighted by atomic mass is 10.0. The van der Waals surface area contributed by atoms with Crippen molar-refractivity contribution in [1.29, 1.82) is 0 Å². The quantitative estimate of drug-likeness (QED) is 0.574. The molecule has 1 fully saturated rings. The highest BCUT2D eigenvalue weighted by Gasteiger charge is 2.45. The molecule has 1 atom stereocenters. The zero-order chi connectivity index (χ0) is 20.4. The van der Waals surface area contributed by atoms with E-state index in [0.29, 0.717) is 17.0 Å². The van der Waals surface area contributed by atoms with E-state index in [1.807, 2.05) is 0 Å². The van der Waals surface area contributed by atoms with Crippen molar-refractivity contribution in [2.24, 2.45) is 0 Å². The summed E-state index contributed by atoms with van der Waals surface area (Å²) in [6.45, 7) is 1.88. The van der Waals surface area contributed by atoms with Gasteiger partial charge >= 0.3 is 0 Å². The number of piperidine rings is 1. The third-order valence-electron chi connectivity index (χ3n) is 4.67. The van der Waals surface area contributed by atoms with Crippen LogP contribution in [0.1, 0.15) is 40.6 Å². The molecule has 150 valence electrons. The van der Waals surface area contributed by atoms with Crippen LogP contribution in [0.3, 0.4) is 0 Å². The molecule has 28 heavy (non-hydrogen) atoms. The van der Waals surface area contributed by atoms with Crippen molar-refractivity contribution >= 4 is 29.1 Å². The van der Waals surface area contributed by atoms with Gasteiger partial charge in [-0.05, 0) is 19.1 Å². The first-order chi connectivity index (χ1) is 13.2. The number of nitrogens with one attached hydrogen (secondary N) is 1. The number of halogens is 4. The fraction of sp³-hybridized carbons (Fsp3) is 0.421. The average molecular weight is 429 g/mol. The fourth-order valence-corrected chi connectivity index (χ4v) is 3.88. The second-order valence-corrected chi connectivity index (χ2v) is 8.19. The highest BCUT2D eigenvalue weighted by molar-refractivity contribution is 6.49. The van der Waals surface area contributed by atoms with E-state index in [9.17, 15) is 13.6 Å². The van der Waals surface area contributed by atoms with E-state index >= 15 is 0 Å². The van der Waals surface area contributed by atoms with Crippen molar-refractivity contribution in [1.82, 2.24) is 20.2 Å². The maximum absolute atomic E-state index is 13.6. The van der Waals surface area contributed by atoms with E-state index < -0.39 is 22.3 Å². The van der Waals surface area contributed by atoms with Crippen LogP contribution in [0.5, 0.6) is 0 Å². The summed E-state index contributed by atoms with van der Waals surface area (Å²) >= 11 is 13.1. The number of aryl methyl sites for hydroxylation is 1. The van der Waals surface area contributed by atoms with Crippen LogP contribution >= 0.6 is 23.2 Å². The van der Waals surface area contributed by atoms with E-state index in [-0.39, 0.29) is 25.9 Å². The molecule has 1 N–H and O–H groups in total. The number of aromatic nitrogens is 2. The Hall–Kier alpha value is -1.83. The third-order valence-corrected chi connectivity index (χ3v) is 5.27. The van der Waals surface area contributed by atoms with Gasteiger partial charge in [-0.25, -0.2) is 18.7 Å². The van der Waals surface area contributed by atoms with Crippen molar-refractivity contribution in [3.63, 3.8) is 0 Å². The molecular formula is C19H20Cl2F2N4O. The molecule has 0 saturated carbocycles. The molecule has 1 unspecified atom stereocenters. The summed E-state index contributed by atoms with van der Waals surface area (Å²) in [6.07, 6.45) is 2.47. The Labute approximate surface area is 172 Å². The van der Waals surface area contributed by atoms with Crippen molar-refractivity contribution < 1.29 is 13.6 Å². The second kappa shape index (κ2) is 8.27. The number of carbonyl (C=O) groups is 1. The maximum atomic E-state index is 13.6. The number of amides is 1. The van der Waals surface area contributed by atoms with Crippen molar-refractivity contribution in [2.45, 2.75) is 36.2 Å². The molecular weight excluding hydrogens is 409 g/mol. The lowest BCUT2D eigenvalue weighted by Gasteiger charge is -2.42. The number of hydrogen-bond acceptors (Lipinski definition) is 4. The maximum Gasteiger partial charge on any atom is 0.253 e. The lowest BCUT2D eigenvalue weighted by molar-refractivity contribution is -0.0654. The smallest absolute Gasteiger partial charge is 0.253 e. The number of hydrogen-bond donors (Lipinski definition) is 1. The predicted molar refractivity (Wildman–Crippen MR) is 104 cm³/mol. The van der Waals surface area contributed by atoms with E-state index in [4.69, 9.17) is 23.2 Å². The van der Waals surface area contributed by atoms with Gasteiger partial charge < -0.3 is 5.32 Å². The third kappa shape index (κ3) is 4.96. The molecule has 0 aliphatic carbocycles. The van der Waals surface area contributed by atoms with Crippen LogP contribution in [0.15, 0.2) is 42.7 Å². The Morgan fingerprint density at radius 1 is 1.18 bits per heavy atom. The summed E-state index contributed by atoms with van der Waals surface area (Å²) in [5, 5.41) is 2.61. The van der Waals surface area contributed by atoms with Crippen LogP contribution in [0.25, 0.3) is 0 Å². The first kappa shape index (κ1) is 20.9. The largest absolute Gasteiger partial charge is 0.319 e. The number of carbonyl (C=O) groups excluding carboxylic acids is 1. The van der Waals surface area contributed by atoms with E-state index in [1.54, 1.807) is 54.5 Å².